The van der Waals surface area contributed by atoms with E-state index in [9.17, 15) is 43.2 Å². The van der Waals surface area contributed by atoms with E-state index in [-0.39, 0.29) is 25.7 Å². The molecule has 588 valence electrons. The molecule has 0 aromatic rings. The van der Waals surface area contributed by atoms with Gasteiger partial charge in [-0.1, -0.05) is 363 Å². The van der Waals surface area contributed by atoms with E-state index >= 15 is 0 Å². The molecule has 3 N–H and O–H groups in total. The lowest BCUT2D eigenvalue weighted by atomic mass is 9.99. The monoisotopic (exact) mass is 1450 g/mol. The van der Waals surface area contributed by atoms with Gasteiger partial charge in [0.15, 0.2) is 12.2 Å². The highest BCUT2D eigenvalue weighted by Gasteiger charge is 2.30. The van der Waals surface area contributed by atoms with Gasteiger partial charge in [0.05, 0.1) is 26.4 Å². The highest BCUT2D eigenvalue weighted by atomic mass is 31.2. The van der Waals surface area contributed by atoms with Gasteiger partial charge in [-0.05, 0) is 43.4 Å². The van der Waals surface area contributed by atoms with E-state index in [4.69, 9.17) is 37.0 Å². The van der Waals surface area contributed by atoms with E-state index in [1.54, 1.807) is 0 Å². The first-order chi connectivity index (χ1) is 47.8. The average molecular weight is 1450 g/mol. The Labute approximate surface area is 607 Å². The zero-order chi connectivity index (χ0) is 73.0. The standard InChI is InChI=1S/C80H156O17P2/c1-8-11-12-13-14-15-34-39-47-54-61-77(82)91-68-76(97-80(85)64-57-50-43-42-46-53-60-73(7)10-3)70-95-99(88,89)93-66-74(81)65-92-98(86,87)94-69-75(67-90-78(83)62-55-48-40-35-30-26-23-22-25-29-33-38-45-52-59-72(6)9-2)96-79(84)63-56-49-41-36-31-27-21-19-17-16-18-20-24-28-32-37-44-51-58-71(4)5/h71-76,81H,8-70H2,1-7H3,(H,86,87)(H,88,89)/t72?,73?,74-,75-,76-/m1/s1. The van der Waals surface area contributed by atoms with Crippen LogP contribution in [0.25, 0.3) is 0 Å². The number of phosphoric acid groups is 2. The van der Waals surface area contributed by atoms with Gasteiger partial charge in [0.1, 0.15) is 19.3 Å². The molecular weight excluding hydrogens is 1290 g/mol. The normalized spacial score (nSPS) is 14.5. The molecular formula is C80H156O17P2. The highest BCUT2D eigenvalue weighted by molar-refractivity contribution is 7.47. The van der Waals surface area contributed by atoms with Crippen LogP contribution in [-0.4, -0.2) is 96.7 Å². The number of esters is 4. The van der Waals surface area contributed by atoms with Gasteiger partial charge in [0.2, 0.25) is 0 Å². The van der Waals surface area contributed by atoms with Gasteiger partial charge in [-0.2, -0.15) is 0 Å². The van der Waals surface area contributed by atoms with Gasteiger partial charge in [0, 0.05) is 25.7 Å². The summed E-state index contributed by atoms with van der Waals surface area (Å²) in [5.74, 6) is 0.275. The van der Waals surface area contributed by atoms with Crippen molar-refractivity contribution in [2.24, 2.45) is 17.8 Å². The van der Waals surface area contributed by atoms with Crippen LogP contribution in [-0.2, 0) is 65.4 Å². The van der Waals surface area contributed by atoms with Crippen molar-refractivity contribution in [2.45, 2.75) is 433 Å². The Balaban J connectivity index is 5.20. The Bertz CT molecular complexity index is 1930. The molecule has 17 nitrogen and oxygen atoms in total. The number of rotatable bonds is 78. The van der Waals surface area contributed by atoms with Gasteiger partial charge in [0.25, 0.3) is 0 Å². The minimum atomic E-state index is -4.96. The summed E-state index contributed by atoms with van der Waals surface area (Å²) in [6.07, 6.45) is 58.3. The number of aliphatic hydroxyl groups excluding tert-OH is 1. The maximum Gasteiger partial charge on any atom is 0.472 e. The van der Waals surface area contributed by atoms with Crippen LogP contribution in [0, 0.1) is 17.8 Å². The summed E-state index contributed by atoms with van der Waals surface area (Å²) in [6.45, 7) is 12.0. The predicted octanol–water partition coefficient (Wildman–Crippen LogP) is 23.7. The Kier molecular flexibility index (Phi) is 69.0. The minimum absolute atomic E-state index is 0.103. The number of hydrogen-bond donors (Lipinski definition) is 3. The van der Waals surface area contributed by atoms with Crippen LogP contribution in [0.5, 0.6) is 0 Å². The smallest absolute Gasteiger partial charge is 0.462 e. The van der Waals surface area contributed by atoms with Crippen LogP contribution in [0.2, 0.25) is 0 Å². The van der Waals surface area contributed by atoms with Gasteiger partial charge >= 0.3 is 39.5 Å². The van der Waals surface area contributed by atoms with E-state index in [0.29, 0.717) is 25.7 Å². The Morgan fingerprint density at radius 3 is 0.768 bits per heavy atom. The second-order valence-corrected chi connectivity index (χ2v) is 32.7. The lowest BCUT2D eigenvalue weighted by molar-refractivity contribution is -0.161. The molecule has 99 heavy (non-hydrogen) atoms. The van der Waals surface area contributed by atoms with E-state index in [1.807, 2.05) is 0 Å². The van der Waals surface area contributed by atoms with Crippen molar-refractivity contribution in [3.05, 3.63) is 0 Å². The van der Waals surface area contributed by atoms with Crippen LogP contribution in [0.3, 0.4) is 0 Å². The van der Waals surface area contributed by atoms with Gasteiger partial charge in [-0.3, -0.25) is 37.3 Å². The van der Waals surface area contributed by atoms with Gasteiger partial charge in [-0.15, -0.1) is 0 Å². The van der Waals surface area contributed by atoms with E-state index < -0.39 is 97.5 Å². The third-order valence-corrected chi connectivity index (χ3v) is 21.3. The van der Waals surface area contributed by atoms with Gasteiger partial charge < -0.3 is 33.8 Å². The van der Waals surface area contributed by atoms with Crippen molar-refractivity contribution in [2.75, 3.05) is 39.6 Å². The SMILES string of the molecule is CCCCCCCCCCCCC(=O)OC[C@H](COP(=O)(O)OC[C@H](O)COP(=O)(O)OC[C@@H](COC(=O)CCCCCCCCCCCCCCCCC(C)CC)OC(=O)CCCCCCCCCCCCCCCCCCCCC(C)C)OC(=O)CCCCCCCCC(C)CC. The molecule has 0 saturated carbocycles. The zero-order valence-electron chi connectivity index (χ0n) is 65.0. The maximum absolute atomic E-state index is 13.1. The number of unbranched alkanes of at least 4 members (excludes halogenated alkanes) is 44. The van der Waals surface area contributed by atoms with Crippen LogP contribution >= 0.6 is 15.6 Å². The van der Waals surface area contributed by atoms with Crippen molar-refractivity contribution in [3.63, 3.8) is 0 Å². The van der Waals surface area contributed by atoms with Crippen molar-refractivity contribution in [1.29, 1.82) is 0 Å². The molecule has 0 fully saturated rings. The molecule has 0 aromatic heterocycles. The highest BCUT2D eigenvalue weighted by Crippen LogP contribution is 2.45. The number of hydrogen-bond acceptors (Lipinski definition) is 15. The van der Waals surface area contributed by atoms with Crippen LogP contribution in [0.1, 0.15) is 414 Å². The van der Waals surface area contributed by atoms with Crippen molar-refractivity contribution < 1.29 is 80.2 Å². The topological polar surface area (TPSA) is 237 Å². The predicted molar refractivity (Wildman–Crippen MR) is 405 cm³/mol. The number of carbonyl (C=O) groups is 4. The number of ether oxygens (including phenoxy) is 4. The molecule has 0 heterocycles. The number of aliphatic hydroxyl groups is 1. The summed E-state index contributed by atoms with van der Waals surface area (Å²) < 4.78 is 68.6. The molecule has 0 aromatic carbocycles. The molecule has 0 amide bonds. The lowest BCUT2D eigenvalue weighted by Gasteiger charge is -2.21. The van der Waals surface area contributed by atoms with Crippen molar-refractivity contribution in [3.8, 4) is 0 Å². The molecule has 0 rings (SSSR count). The molecule has 0 saturated heterocycles. The third kappa shape index (κ3) is 71.5. The fraction of sp³-hybridized carbons (Fsp3) is 0.950. The summed E-state index contributed by atoms with van der Waals surface area (Å²) in [7, 11) is -9.92. The molecule has 0 aliphatic carbocycles. The molecule has 0 aliphatic rings. The molecule has 0 aliphatic heterocycles. The first kappa shape index (κ1) is 97.1. The maximum atomic E-state index is 13.1. The number of phosphoric ester groups is 2. The Hall–Kier alpha value is -1.94. The largest absolute Gasteiger partial charge is 0.472 e. The third-order valence-electron chi connectivity index (χ3n) is 19.4. The first-order valence-electron chi connectivity index (χ1n) is 41.4. The zero-order valence-corrected chi connectivity index (χ0v) is 66.8. The molecule has 0 spiro atoms. The summed E-state index contributed by atoms with van der Waals surface area (Å²) in [6, 6.07) is 0. The molecule has 19 heteroatoms. The minimum Gasteiger partial charge on any atom is -0.462 e. The molecule has 0 radical (unpaired) electrons. The van der Waals surface area contributed by atoms with Crippen LogP contribution in [0.4, 0.5) is 0 Å². The van der Waals surface area contributed by atoms with Gasteiger partial charge in [-0.25, -0.2) is 9.13 Å². The molecule has 0 bridgehead atoms. The van der Waals surface area contributed by atoms with E-state index in [0.717, 1.165) is 108 Å². The Morgan fingerprint density at radius 2 is 0.515 bits per heavy atom. The van der Waals surface area contributed by atoms with E-state index in [1.165, 1.54) is 225 Å². The quantitative estimate of drug-likeness (QED) is 0.0222. The lowest BCUT2D eigenvalue weighted by Crippen LogP contribution is -2.30. The van der Waals surface area contributed by atoms with Crippen molar-refractivity contribution >= 4 is 39.5 Å². The second kappa shape index (κ2) is 70.4. The van der Waals surface area contributed by atoms with Crippen molar-refractivity contribution in [1.82, 2.24) is 0 Å². The first-order valence-corrected chi connectivity index (χ1v) is 44.4. The second-order valence-electron chi connectivity index (χ2n) is 29.8. The fourth-order valence-electron chi connectivity index (χ4n) is 12.2. The van der Waals surface area contributed by atoms with E-state index in [2.05, 4.69) is 48.5 Å². The fourth-order valence-corrected chi connectivity index (χ4v) is 13.8. The number of carbonyl (C=O) groups excluding carboxylic acids is 4. The average Bonchev–Trinajstić information content (AvgIpc) is 0.969. The summed E-state index contributed by atoms with van der Waals surface area (Å²) >= 11 is 0. The summed E-state index contributed by atoms with van der Waals surface area (Å²) in [4.78, 5) is 72.9. The summed E-state index contributed by atoms with van der Waals surface area (Å²) in [5, 5.41) is 10.6. The van der Waals surface area contributed by atoms with Crippen LogP contribution in [0.15, 0.2) is 0 Å². The molecule has 7 atom stereocenters. The Morgan fingerprint density at radius 1 is 0.293 bits per heavy atom. The molecule has 4 unspecified atom stereocenters. The van der Waals surface area contributed by atoms with Crippen LogP contribution < -0.4 is 0 Å². The summed E-state index contributed by atoms with van der Waals surface area (Å²) in [5.41, 5.74) is 0.